The number of hydrogen-bond donors (Lipinski definition) is 1. The first kappa shape index (κ1) is 19.8. The zero-order valence-electron chi connectivity index (χ0n) is 17.2. The van der Waals surface area contributed by atoms with E-state index in [4.69, 9.17) is 10.1 Å². The Morgan fingerprint density at radius 1 is 1.16 bits per heavy atom. The third-order valence-electron chi connectivity index (χ3n) is 5.84. The van der Waals surface area contributed by atoms with Crippen molar-refractivity contribution in [2.45, 2.75) is 32.1 Å². The van der Waals surface area contributed by atoms with E-state index in [1.54, 1.807) is 13.2 Å². The quantitative estimate of drug-likeness (QED) is 0.710. The number of rotatable bonds is 4. The summed E-state index contributed by atoms with van der Waals surface area (Å²) in [4.78, 5) is 17.1. The van der Waals surface area contributed by atoms with Gasteiger partial charge >= 0.3 is 0 Å². The molecule has 158 valence electrons. The monoisotopic (exact) mass is 433 g/mol. The average molecular weight is 434 g/mol. The molecule has 1 aromatic carbocycles. The van der Waals surface area contributed by atoms with Crippen molar-refractivity contribution < 1.29 is 9.53 Å². The third kappa shape index (κ3) is 3.61. The summed E-state index contributed by atoms with van der Waals surface area (Å²) >= 11 is 1.44. The summed E-state index contributed by atoms with van der Waals surface area (Å²) in [6.45, 7) is 0. The van der Waals surface area contributed by atoms with Gasteiger partial charge in [0.2, 0.25) is 5.17 Å². The number of nitrogens with zero attached hydrogens (tertiary/aromatic N) is 4. The van der Waals surface area contributed by atoms with Gasteiger partial charge in [-0.15, -0.1) is 0 Å². The first-order valence-corrected chi connectivity index (χ1v) is 11.3. The highest BCUT2D eigenvalue weighted by atomic mass is 32.2. The van der Waals surface area contributed by atoms with Crippen molar-refractivity contribution in [1.29, 1.82) is 5.41 Å². The Morgan fingerprint density at radius 3 is 2.77 bits per heavy atom. The van der Waals surface area contributed by atoms with Gasteiger partial charge in [-0.1, -0.05) is 31.4 Å². The number of fused-ring (bicyclic) bond motifs is 1. The van der Waals surface area contributed by atoms with Crippen molar-refractivity contribution in [3.8, 4) is 11.4 Å². The van der Waals surface area contributed by atoms with E-state index >= 15 is 0 Å². The number of carbonyl (C=O) groups excluding carboxylic acids is 1. The molecule has 2 aliphatic heterocycles. The highest BCUT2D eigenvalue weighted by Gasteiger charge is 2.38. The molecule has 1 N–H and O–H groups in total. The van der Waals surface area contributed by atoms with E-state index in [9.17, 15) is 4.79 Å². The van der Waals surface area contributed by atoms with Crippen LogP contribution in [0, 0.1) is 11.3 Å². The van der Waals surface area contributed by atoms with Gasteiger partial charge in [-0.3, -0.25) is 10.2 Å². The van der Waals surface area contributed by atoms with Gasteiger partial charge in [0.05, 0.1) is 18.4 Å². The lowest BCUT2D eigenvalue weighted by atomic mass is 9.90. The summed E-state index contributed by atoms with van der Waals surface area (Å²) < 4.78 is 7.41. The lowest BCUT2D eigenvalue weighted by molar-refractivity contribution is -0.114. The van der Waals surface area contributed by atoms with E-state index in [-0.39, 0.29) is 11.4 Å². The van der Waals surface area contributed by atoms with Crippen molar-refractivity contribution in [2.24, 2.45) is 16.0 Å². The Hall–Kier alpha value is -3.13. The minimum Gasteiger partial charge on any atom is -0.495 e. The van der Waals surface area contributed by atoms with Gasteiger partial charge in [-0.05, 0) is 54.9 Å². The number of methoxy groups -OCH3 is 1. The number of hydrazone groups is 1. The van der Waals surface area contributed by atoms with Gasteiger partial charge in [-0.2, -0.15) is 15.1 Å². The van der Waals surface area contributed by atoms with E-state index in [1.165, 1.54) is 36.0 Å². The SMILES string of the molecule is COc1ccccc1-n1cccc1/C=C1/C(=N)N2N=C(C3CCCCC3)SC2=NC1=O. The Kier molecular flexibility index (Phi) is 5.23. The molecule has 1 aliphatic carbocycles. The zero-order chi connectivity index (χ0) is 21.4. The number of amides is 1. The molecule has 1 aromatic heterocycles. The lowest BCUT2D eigenvalue weighted by Crippen LogP contribution is -2.35. The topological polar surface area (TPSA) is 83.0 Å². The summed E-state index contributed by atoms with van der Waals surface area (Å²) in [5, 5.41) is 16.3. The molecule has 8 heteroatoms. The van der Waals surface area contributed by atoms with Crippen LogP contribution in [0.1, 0.15) is 37.8 Å². The largest absolute Gasteiger partial charge is 0.495 e. The first-order chi connectivity index (χ1) is 15.2. The second-order valence-electron chi connectivity index (χ2n) is 7.77. The van der Waals surface area contributed by atoms with Crippen LogP contribution >= 0.6 is 11.8 Å². The summed E-state index contributed by atoms with van der Waals surface area (Å²) in [6.07, 6.45) is 9.52. The number of nitrogens with one attached hydrogen (secondary N) is 1. The second-order valence-corrected chi connectivity index (χ2v) is 8.76. The van der Waals surface area contributed by atoms with Gasteiger partial charge in [0.15, 0.2) is 5.84 Å². The summed E-state index contributed by atoms with van der Waals surface area (Å²) in [5.74, 6) is 0.796. The van der Waals surface area contributed by atoms with Crippen LogP contribution in [-0.2, 0) is 4.79 Å². The molecule has 3 aliphatic rings. The molecule has 0 spiro atoms. The van der Waals surface area contributed by atoms with Crippen LogP contribution in [-0.4, -0.2) is 38.6 Å². The van der Waals surface area contributed by atoms with E-state index < -0.39 is 5.91 Å². The van der Waals surface area contributed by atoms with E-state index in [1.807, 2.05) is 47.2 Å². The van der Waals surface area contributed by atoms with Crippen LogP contribution in [0.25, 0.3) is 11.8 Å². The van der Waals surface area contributed by atoms with Crippen LogP contribution in [0.3, 0.4) is 0 Å². The van der Waals surface area contributed by atoms with Crippen molar-refractivity contribution in [2.75, 3.05) is 7.11 Å². The Labute approximate surface area is 185 Å². The molecule has 5 rings (SSSR count). The normalized spacial score (nSPS) is 20.7. The standard InChI is InChI=1S/C23H23N5O2S/c1-30-19-12-6-5-11-18(19)27-13-7-10-16(27)14-17-20(24)28-23(25-21(17)29)31-22(26-28)15-8-3-2-4-9-15/h5-7,10-15,24H,2-4,8-9H2,1H3/b17-14-,24-20?. The van der Waals surface area contributed by atoms with Crippen molar-refractivity contribution in [3.05, 3.63) is 53.9 Å². The first-order valence-electron chi connectivity index (χ1n) is 10.5. The minimum absolute atomic E-state index is 0.0705. The fraction of sp³-hybridized carbons (Fsp3) is 0.304. The maximum atomic E-state index is 12.8. The Bertz CT molecular complexity index is 1140. The van der Waals surface area contributed by atoms with Crippen molar-refractivity contribution in [3.63, 3.8) is 0 Å². The molecule has 1 fully saturated rings. The molecule has 0 saturated heterocycles. The summed E-state index contributed by atoms with van der Waals surface area (Å²) in [5.41, 5.74) is 1.85. The van der Waals surface area contributed by atoms with Gasteiger partial charge in [-0.25, -0.2) is 0 Å². The molecule has 1 amide bonds. The third-order valence-corrected chi connectivity index (χ3v) is 6.91. The molecule has 7 nitrogen and oxygen atoms in total. The number of aromatic nitrogens is 1. The maximum absolute atomic E-state index is 12.8. The van der Waals surface area contributed by atoms with Crippen LogP contribution in [0.15, 0.2) is 58.3 Å². The average Bonchev–Trinajstić information content (AvgIpc) is 3.44. The molecular weight excluding hydrogens is 410 g/mol. The van der Waals surface area contributed by atoms with Crippen LogP contribution in [0.5, 0.6) is 5.75 Å². The summed E-state index contributed by atoms with van der Waals surface area (Å²) in [6, 6.07) is 11.5. The number of thioether (sulfide) groups is 1. The molecule has 0 unspecified atom stereocenters. The van der Waals surface area contributed by atoms with Crippen molar-refractivity contribution in [1.82, 2.24) is 9.58 Å². The minimum atomic E-state index is -0.406. The molecule has 0 radical (unpaired) electrons. The summed E-state index contributed by atoms with van der Waals surface area (Å²) in [7, 11) is 1.63. The molecule has 3 heterocycles. The van der Waals surface area contributed by atoms with Crippen LogP contribution < -0.4 is 4.74 Å². The number of ether oxygens (including phenoxy) is 1. The number of aliphatic imine (C=N–C) groups is 1. The Balaban J connectivity index is 1.48. The number of hydrogen-bond acceptors (Lipinski definition) is 5. The van der Waals surface area contributed by atoms with Gasteiger partial charge in [0.25, 0.3) is 5.91 Å². The van der Waals surface area contributed by atoms with E-state index in [0.29, 0.717) is 11.1 Å². The molecule has 0 bridgehead atoms. The fourth-order valence-electron chi connectivity index (χ4n) is 4.23. The number of carbonyl (C=O) groups is 1. The predicted molar refractivity (Wildman–Crippen MR) is 124 cm³/mol. The zero-order valence-corrected chi connectivity index (χ0v) is 18.1. The second kappa shape index (κ2) is 8.19. The number of amidine groups is 2. The van der Waals surface area contributed by atoms with Gasteiger partial charge in [0, 0.05) is 17.8 Å². The maximum Gasteiger partial charge on any atom is 0.283 e. The molecule has 2 aromatic rings. The highest BCUT2D eigenvalue weighted by Crippen LogP contribution is 2.36. The number of benzene rings is 1. The molecule has 31 heavy (non-hydrogen) atoms. The van der Waals surface area contributed by atoms with E-state index in [2.05, 4.69) is 10.1 Å². The Morgan fingerprint density at radius 2 is 1.97 bits per heavy atom. The molecule has 1 saturated carbocycles. The molecule has 0 atom stereocenters. The van der Waals surface area contributed by atoms with Gasteiger partial charge < -0.3 is 9.30 Å². The van der Waals surface area contributed by atoms with Crippen LogP contribution in [0.2, 0.25) is 0 Å². The smallest absolute Gasteiger partial charge is 0.283 e. The fourth-order valence-corrected chi connectivity index (χ4v) is 5.29. The number of para-hydroxylation sites is 2. The predicted octanol–water partition coefficient (Wildman–Crippen LogP) is 4.69. The molecular formula is C23H23N5O2S. The van der Waals surface area contributed by atoms with E-state index in [0.717, 1.165) is 35.0 Å². The van der Waals surface area contributed by atoms with Gasteiger partial charge in [0.1, 0.15) is 10.8 Å². The van der Waals surface area contributed by atoms with Crippen molar-refractivity contribution >= 4 is 39.8 Å². The lowest BCUT2D eigenvalue weighted by Gasteiger charge is -2.20. The highest BCUT2D eigenvalue weighted by molar-refractivity contribution is 8.27. The van der Waals surface area contributed by atoms with Crippen LogP contribution in [0.4, 0.5) is 0 Å².